The monoisotopic (exact) mass is 228 g/mol. The van der Waals surface area contributed by atoms with E-state index in [1.165, 1.54) is 0 Å². The average Bonchev–Trinajstić information content (AvgIpc) is 2.27. The molecule has 1 aliphatic rings. The van der Waals surface area contributed by atoms with Crippen LogP contribution in [0, 0.1) is 0 Å². The summed E-state index contributed by atoms with van der Waals surface area (Å²) in [7, 11) is 0. The number of carbonyl (C=O) groups excluding carboxylic acids is 1. The Balaban J connectivity index is 2.38. The molecule has 2 unspecified atom stereocenters. The van der Waals surface area contributed by atoms with Crippen molar-refractivity contribution in [1.29, 1.82) is 0 Å². The quantitative estimate of drug-likeness (QED) is 0.652. The van der Waals surface area contributed by atoms with Crippen molar-refractivity contribution in [2.75, 3.05) is 13.2 Å². The first kappa shape index (κ1) is 13.5. The maximum atomic E-state index is 12.1. The summed E-state index contributed by atoms with van der Waals surface area (Å²) in [6, 6.07) is 0.139. The predicted octanol–water partition coefficient (Wildman–Crippen LogP) is 0.796. The number of aliphatic hydroxyl groups is 1. The lowest BCUT2D eigenvalue weighted by Gasteiger charge is -2.34. The molecule has 16 heavy (non-hydrogen) atoms. The second kappa shape index (κ2) is 6.21. The van der Waals surface area contributed by atoms with Crippen LogP contribution in [0.25, 0.3) is 0 Å². The molecule has 1 aliphatic heterocycles. The van der Waals surface area contributed by atoms with E-state index in [0.717, 1.165) is 38.6 Å². The van der Waals surface area contributed by atoms with Crippen molar-refractivity contribution in [2.45, 2.75) is 57.5 Å². The van der Waals surface area contributed by atoms with Crippen molar-refractivity contribution in [3.8, 4) is 0 Å². The van der Waals surface area contributed by atoms with Gasteiger partial charge in [-0.1, -0.05) is 0 Å². The number of nitrogens with one attached hydrogen (secondary N) is 2. The van der Waals surface area contributed by atoms with Crippen molar-refractivity contribution in [3.05, 3.63) is 0 Å². The van der Waals surface area contributed by atoms with Crippen LogP contribution in [0.4, 0.5) is 0 Å². The summed E-state index contributed by atoms with van der Waals surface area (Å²) in [6.45, 7) is 5.07. The van der Waals surface area contributed by atoms with E-state index in [1.54, 1.807) is 0 Å². The maximum absolute atomic E-state index is 12.1. The molecule has 1 fully saturated rings. The Bertz CT molecular complexity index is 225. The third-order valence-corrected chi connectivity index (χ3v) is 3.29. The van der Waals surface area contributed by atoms with Crippen LogP contribution >= 0.6 is 0 Å². The molecule has 0 aromatic heterocycles. The topological polar surface area (TPSA) is 61.4 Å². The van der Waals surface area contributed by atoms with E-state index >= 15 is 0 Å². The molecular formula is C12H24N2O2. The van der Waals surface area contributed by atoms with E-state index in [-0.39, 0.29) is 18.6 Å². The molecule has 1 amide bonds. The molecule has 4 heteroatoms. The van der Waals surface area contributed by atoms with Gasteiger partial charge in [-0.05, 0) is 52.5 Å². The van der Waals surface area contributed by atoms with Gasteiger partial charge in [-0.15, -0.1) is 0 Å². The standard InChI is InChI=1S/C12H24N2O2/c1-10(6-5-9-15)14-11(16)12(2)7-3-4-8-13-12/h10,13,15H,3-9H2,1-2H3,(H,14,16). The minimum atomic E-state index is -0.397. The van der Waals surface area contributed by atoms with Crippen molar-refractivity contribution >= 4 is 5.91 Å². The van der Waals surface area contributed by atoms with Crippen LogP contribution in [0.3, 0.4) is 0 Å². The largest absolute Gasteiger partial charge is 0.396 e. The zero-order chi connectivity index (χ0) is 12.0. The number of aliphatic hydroxyl groups excluding tert-OH is 1. The lowest BCUT2D eigenvalue weighted by Crippen LogP contribution is -2.58. The third kappa shape index (κ3) is 3.76. The van der Waals surface area contributed by atoms with Gasteiger partial charge in [0.05, 0.1) is 5.54 Å². The van der Waals surface area contributed by atoms with Crippen molar-refractivity contribution in [3.63, 3.8) is 0 Å². The van der Waals surface area contributed by atoms with E-state index in [2.05, 4.69) is 10.6 Å². The highest BCUT2D eigenvalue weighted by molar-refractivity contribution is 5.86. The molecule has 0 aromatic carbocycles. The van der Waals surface area contributed by atoms with Gasteiger partial charge in [0.1, 0.15) is 0 Å². The summed E-state index contributed by atoms with van der Waals surface area (Å²) < 4.78 is 0. The highest BCUT2D eigenvalue weighted by Gasteiger charge is 2.34. The molecule has 0 bridgehead atoms. The molecule has 0 saturated carbocycles. The van der Waals surface area contributed by atoms with Gasteiger partial charge in [0.2, 0.25) is 5.91 Å². The number of piperidine rings is 1. The van der Waals surface area contributed by atoms with Gasteiger partial charge in [-0.3, -0.25) is 4.79 Å². The number of carbonyl (C=O) groups is 1. The fourth-order valence-electron chi connectivity index (χ4n) is 2.10. The van der Waals surface area contributed by atoms with Crippen molar-refractivity contribution in [1.82, 2.24) is 10.6 Å². The molecule has 0 radical (unpaired) electrons. The number of amides is 1. The smallest absolute Gasteiger partial charge is 0.240 e. The van der Waals surface area contributed by atoms with Crippen LogP contribution in [0.2, 0.25) is 0 Å². The summed E-state index contributed by atoms with van der Waals surface area (Å²) in [4.78, 5) is 12.1. The first-order valence-electron chi connectivity index (χ1n) is 6.25. The van der Waals surface area contributed by atoms with Gasteiger partial charge < -0.3 is 15.7 Å². The van der Waals surface area contributed by atoms with Gasteiger partial charge in [-0.25, -0.2) is 0 Å². The fourth-order valence-corrected chi connectivity index (χ4v) is 2.10. The van der Waals surface area contributed by atoms with Crippen molar-refractivity contribution in [2.24, 2.45) is 0 Å². The lowest BCUT2D eigenvalue weighted by atomic mass is 9.90. The van der Waals surface area contributed by atoms with Gasteiger partial charge in [-0.2, -0.15) is 0 Å². The van der Waals surface area contributed by atoms with Crippen LogP contribution in [-0.2, 0) is 4.79 Å². The normalized spacial score (nSPS) is 27.4. The maximum Gasteiger partial charge on any atom is 0.240 e. The van der Waals surface area contributed by atoms with Gasteiger partial charge in [0.25, 0.3) is 0 Å². The Morgan fingerprint density at radius 1 is 1.56 bits per heavy atom. The third-order valence-electron chi connectivity index (χ3n) is 3.29. The zero-order valence-corrected chi connectivity index (χ0v) is 10.4. The molecule has 3 N–H and O–H groups in total. The lowest BCUT2D eigenvalue weighted by molar-refractivity contribution is -0.128. The number of hydrogen-bond donors (Lipinski definition) is 3. The molecule has 0 aromatic rings. The number of rotatable bonds is 5. The van der Waals surface area contributed by atoms with E-state index in [9.17, 15) is 4.79 Å². The van der Waals surface area contributed by atoms with E-state index < -0.39 is 5.54 Å². The van der Waals surface area contributed by atoms with Gasteiger partial charge in [0, 0.05) is 12.6 Å². The molecule has 94 valence electrons. The van der Waals surface area contributed by atoms with Crippen LogP contribution in [0.1, 0.15) is 46.0 Å². The number of hydrogen-bond acceptors (Lipinski definition) is 3. The molecule has 0 aliphatic carbocycles. The summed E-state index contributed by atoms with van der Waals surface area (Å²) in [5.74, 6) is 0.0950. The summed E-state index contributed by atoms with van der Waals surface area (Å²) in [6.07, 6.45) is 4.75. The highest BCUT2D eigenvalue weighted by Crippen LogP contribution is 2.19. The summed E-state index contributed by atoms with van der Waals surface area (Å²) >= 11 is 0. The fraction of sp³-hybridized carbons (Fsp3) is 0.917. The van der Waals surface area contributed by atoms with E-state index in [0.29, 0.717) is 0 Å². The van der Waals surface area contributed by atoms with E-state index in [1.807, 2.05) is 13.8 Å². The molecule has 1 rings (SSSR count). The van der Waals surface area contributed by atoms with Crippen LogP contribution < -0.4 is 10.6 Å². The summed E-state index contributed by atoms with van der Waals surface area (Å²) in [5.41, 5.74) is -0.397. The van der Waals surface area contributed by atoms with Crippen LogP contribution in [-0.4, -0.2) is 35.7 Å². The average molecular weight is 228 g/mol. The molecule has 1 saturated heterocycles. The van der Waals surface area contributed by atoms with Crippen molar-refractivity contribution < 1.29 is 9.90 Å². The van der Waals surface area contributed by atoms with Crippen LogP contribution in [0.5, 0.6) is 0 Å². The Labute approximate surface area is 97.8 Å². The minimum absolute atomic E-state index is 0.0950. The molecule has 1 heterocycles. The highest BCUT2D eigenvalue weighted by atomic mass is 16.3. The molecular weight excluding hydrogens is 204 g/mol. The first-order valence-corrected chi connectivity index (χ1v) is 6.25. The second-order valence-corrected chi connectivity index (χ2v) is 4.96. The SMILES string of the molecule is CC(CCCO)NC(=O)C1(C)CCCCN1. The minimum Gasteiger partial charge on any atom is -0.396 e. The van der Waals surface area contributed by atoms with Crippen LogP contribution in [0.15, 0.2) is 0 Å². The predicted molar refractivity (Wildman–Crippen MR) is 64.2 cm³/mol. The molecule has 0 spiro atoms. The first-order chi connectivity index (χ1) is 7.58. The Morgan fingerprint density at radius 3 is 2.88 bits per heavy atom. The second-order valence-electron chi connectivity index (χ2n) is 4.96. The molecule has 2 atom stereocenters. The van der Waals surface area contributed by atoms with E-state index in [4.69, 9.17) is 5.11 Å². The van der Waals surface area contributed by atoms with Gasteiger partial charge in [0.15, 0.2) is 0 Å². The molecule has 4 nitrogen and oxygen atoms in total. The zero-order valence-electron chi connectivity index (χ0n) is 10.4. The Morgan fingerprint density at radius 2 is 2.31 bits per heavy atom. The Kier molecular flexibility index (Phi) is 5.22. The summed E-state index contributed by atoms with van der Waals surface area (Å²) in [5, 5.41) is 15.0. The van der Waals surface area contributed by atoms with Gasteiger partial charge >= 0.3 is 0 Å². The Hall–Kier alpha value is -0.610.